The summed E-state index contributed by atoms with van der Waals surface area (Å²) in [6, 6.07) is 13.8. The van der Waals surface area contributed by atoms with E-state index in [1.54, 1.807) is 47.6 Å². The first kappa shape index (κ1) is 23.1. The number of carbonyl (C=O) groups excluding carboxylic acids is 1. The van der Waals surface area contributed by atoms with Crippen LogP contribution in [0.1, 0.15) is 31.2 Å². The molecule has 2 aromatic rings. The van der Waals surface area contributed by atoms with E-state index in [9.17, 15) is 13.2 Å². The van der Waals surface area contributed by atoms with Crippen LogP contribution in [0.5, 0.6) is 11.5 Å². The molecule has 1 aliphatic rings. The predicted octanol–water partition coefficient (Wildman–Crippen LogP) is 3.30. The van der Waals surface area contributed by atoms with Gasteiger partial charge in [0.25, 0.3) is 5.91 Å². The molecule has 1 amide bonds. The lowest BCUT2D eigenvalue weighted by atomic mass is 10.2. The highest BCUT2D eigenvalue weighted by Gasteiger charge is 2.25. The second-order valence-corrected chi connectivity index (χ2v) is 9.61. The number of amides is 1. The molecule has 0 unspecified atom stereocenters. The Morgan fingerprint density at radius 3 is 2.10 bits per heavy atom. The molecule has 0 bridgehead atoms. The van der Waals surface area contributed by atoms with Gasteiger partial charge in [0, 0.05) is 26.7 Å². The van der Waals surface area contributed by atoms with Crippen LogP contribution in [0.25, 0.3) is 0 Å². The lowest BCUT2D eigenvalue weighted by Gasteiger charge is -2.20. The summed E-state index contributed by atoms with van der Waals surface area (Å²) in [7, 11) is -0.168. The molecule has 0 atom stereocenters. The lowest BCUT2D eigenvalue weighted by Crippen LogP contribution is -2.32. The van der Waals surface area contributed by atoms with Crippen molar-refractivity contribution in [3.05, 3.63) is 54.1 Å². The molecule has 1 aliphatic heterocycles. The van der Waals surface area contributed by atoms with E-state index in [4.69, 9.17) is 9.47 Å². The molecule has 31 heavy (non-hydrogen) atoms. The zero-order chi connectivity index (χ0) is 22.3. The van der Waals surface area contributed by atoms with Crippen molar-refractivity contribution in [1.82, 2.24) is 9.21 Å². The molecule has 2 aromatic carbocycles. The first-order chi connectivity index (χ1) is 14.9. The molecule has 7 nitrogen and oxygen atoms in total. The Labute approximate surface area is 184 Å². The van der Waals surface area contributed by atoms with Gasteiger partial charge in [-0.15, -0.1) is 0 Å². The molecule has 0 aliphatic carbocycles. The van der Waals surface area contributed by atoms with Crippen LogP contribution < -0.4 is 9.47 Å². The highest BCUT2D eigenvalue weighted by atomic mass is 32.2. The Morgan fingerprint density at radius 1 is 0.935 bits per heavy atom. The normalized spacial score (nSPS) is 15.2. The zero-order valence-electron chi connectivity index (χ0n) is 18.1. The van der Waals surface area contributed by atoms with Crippen molar-refractivity contribution in [3.8, 4) is 11.5 Å². The Balaban J connectivity index is 1.53. The molecule has 0 N–H and O–H groups in total. The maximum Gasteiger partial charge on any atom is 0.260 e. The van der Waals surface area contributed by atoms with Crippen molar-refractivity contribution in [2.45, 2.75) is 37.1 Å². The average molecular weight is 447 g/mol. The molecule has 0 spiro atoms. The average Bonchev–Trinajstić information content (AvgIpc) is 3.08. The van der Waals surface area contributed by atoms with Crippen molar-refractivity contribution in [1.29, 1.82) is 0 Å². The van der Waals surface area contributed by atoms with Gasteiger partial charge in [-0.05, 0) is 54.8 Å². The van der Waals surface area contributed by atoms with Crippen molar-refractivity contribution >= 4 is 15.9 Å². The standard InChI is InChI=1S/C23H30N2O5S/c1-24(17-19-7-9-20(29-2)10-8-19)23(26)18-30-21-11-13-22(14-12-21)31(27,28)25-15-5-3-4-6-16-25/h7-14H,3-6,15-18H2,1-2H3. The Bertz CT molecular complexity index is 950. The highest BCUT2D eigenvalue weighted by molar-refractivity contribution is 7.89. The van der Waals surface area contributed by atoms with Crippen LogP contribution in [0.3, 0.4) is 0 Å². The molecule has 0 radical (unpaired) electrons. The summed E-state index contributed by atoms with van der Waals surface area (Å²) in [6.45, 7) is 1.47. The molecule has 1 saturated heterocycles. The topological polar surface area (TPSA) is 76.1 Å². The first-order valence-corrected chi connectivity index (χ1v) is 11.9. The van der Waals surface area contributed by atoms with Crippen molar-refractivity contribution in [2.24, 2.45) is 0 Å². The minimum atomic E-state index is -3.49. The molecule has 168 valence electrons. The minimum absolute atomic E-state index is 0.120. The van der Waals surface area contributed by atoms with E-state index in [1.165, 1.54) is 0 Å². The van der Waals surface area contributed by atoms with Crippen LogP contribution in [0, 0.1) is 0 Å². The fraction of sp³-hybridized carbons (Fsp3) is 0.435. The van der Waals surface area contributed by atoms with Crippen LogP contribution in [-0.4, -0.2) is 57.4 Å². The van der Waals surface area contributed by atoms with Gasteiger partial charge in [-0.3, -0.25) is 4.79 Å². The molecule has 8 heteroatoms. The fourth-order valence-corrected chi connectivity index (χ4v) is 5.00. The second-order valence-electron chi connectivity index (χ2n) is 7.68. The van der Waals surface area contributed by atoms with Gasteiger partial charge in [-0.25, -0.2) is 8.42 Å². The number of methoxy groups -OCH3 is 1. The molecule has 3 rings (SSSR count). The molecule has 0 aromatic heterocycles. The zero-order valence-corrected chi connectivity index (χ0v) is 18.9. The summed E-state index contributed by atoms with van der Waals surface area (Å²) in [4.78, 5) is 14.2. The smallest absolute Gasteiger partial charge is 0.260 e. The van der Waals surface area contributed by atoms with E-state index in [-0.39, 0.29) is 17.4 Å². The molecule has 1 heterocycles. The van der Waals surface area contributed by atoms with E-state index >= 15 is 0 Å². The summed E-state index contributed by atoms with van der Waals surface area (Å²) in [5, 5.41) is 0. The Morgan fingerprint density at radius 2 is 1.52 bits per heavy atom. The van der Waals surface area contributed by atoms with Gasteiger partial charge >= 0.3 is 0 Å². The Kier molecular flexibility index (Phi) is 7.92. The van der Waals surface area contributed by atoms with Crippen LogP contribution >= 0.6 is 0 Å². The van der Waals surface area contributed by atoms with Gasteiger partial charge < -0.3 is 14.4 Å². The van der Waals surface area contributed by atoms with Crippen molar-refractivity contribution < 1.29 is 22.7 Å². The third-order valence-corrected chi connectivity index (χ3v) is 7.31. The predicted molar refractivity (Wildman–Crippen MR) is 119 cm³/mol. The monoisotopic (exact) mass is 446 g/mol. The number of likely N-dealkylation sites (N-methyl/N-ethyl adjacent to an activating group) is 1. The SMILES string of the molecule is COc1ccc(CN(C)C(=O)COc2ccc(S(=O)(=O)N3CCCCCC3)cc2)cc1. The van der Waals surface area contributed by atoms with Gasteiger partial charge in [0.05, 0.1) is 12.0 Å². The van der Waals surface area contributed by atoms with E-state index in [1.807, 2.05) is 24.3 Å². The number of nitrogens with zero attached hydrogens (tertiary/aromatic N) is 2. The van der Waals surface area contributed by atoms with Gasteiger partial charge in [0.1, 0.15) is 11.5 Å². The van der Waals surface area contributed by atoms with Crippen molar-refractivity contribution in [3.63, 3.8) is 0 Å². The van der Waals surface area contributed by atoms with Gasteiger partial charge in [0.15, 0.2) is 6.61 Å². The molecule has 0 saturated carbocycles. The number of carbonyl (C=O) groups is 1. The molecular formula is C23H30N2O5S. The molecular weight excluding hydrogens is 416 g/mol. The van der Waals surface area contributed by atoms with Crippen LogP contribution in [0.15, 0.2) is 53.4 Å². The molecule has 1 fully saturated rings. The number of hydrogen-bond acceptors (Lipinski definition) is 5. The summed E-state index contributed by atoms with van der Waals surface area (Å²) >= 11 is 0. The van der Waals surface area contributed by atoms with Crippen molar-refractivity contribution in [2.75, 3.05) is 33.9 Å². The van der Waals surface area contributed by atoms with Gasteiger partial charge in [0.2, 0.25) is 10.0 Å². The largest absolute Gasteiger partial charge is 0.497 e. The summed E-state index contributed by atoms with van der Waals surface area (Å²) < 4.78 is 38.0. The van der Waals surface area contributed by atoms with Gasteiger partial charge in [-0.2, -0.15) is 4.31 Å². The van der Waals surface area contributed by atoms with E-state index in [2.05, 4.69) is 0 Å². The van der Waals surface area contributed by atoms with Crippen LogP contribution in [0.4, 0.5) is 0 Å². The number of benzene rings is 2. The Hall–Kier alpha value is -2.58. The lowest BCUT2D eigenvalue weighted by molar-refractivity contribution is -0.132. The van der Waals surface area contributed by atoms with Crippen LogP contribution in [0.2, 0.25) is 0 Å². The number of sulfonamides is 1. The van der Waals surface area contributed by atoms with E-state index in [0.29, 0.717) is 25.4 Å². The van der Waals surface area contributed by atoms with E-state index < -0.39 is 10.0 Å². The minimum Gasteiger partial charge on any atom is -0.497 e. The number of rotatable bonds is 8. The number of hydrogen-bond donors (Lipinski definition) is 0. The fourth-order valence-electron chi connectivity index (χ4n) is 3.49. The van der Waals surface area contributed by atoms with Gasteiger partial charge in [-0.1, -0.05) is 25.0 Å². The summed E-state index contributed by atoms with van der Waals surface area (Å²) in [5.41, 5.74) is 0.986. The third-order valence-electron chi connectivity index (χ3n) is 5.39. The third kappa shape index (κ3) is 6.21. The maximum absolute atomic E-state index is 12.8. The quantitative estimate of drug-likeness (QED) is 0.622. The van der Waals surface area contributed by atoms with Crippen LogP contribution in [-0.2, 0) is 21.4 Å². The van der Waals surface area contributed by atoms with E-state index in [0.717, 1.165) is 37.0 Å². The summed E-state index contributed by atoms with van der Waals surface area (Å²) in [6.07, 6.45) is 3.93. The second kappa shape index (κ2) is 10.6. The summed E-state index contributed by atoms with van der Waals surface area (Å²) in [5.74, 6) is 1.06. The first-order valence-electron chi connectivity index (χ1n) is 10.5. The highest BCUT2D eigenvalue weighted by Crippen LogP contribution is 2.22. The maximum atomic E-state index is 12.8. The number of ether oxygens (including phenoxy) is 2.